The van der Waals surface area contributed by atoms with Crippen LogP contribution >= 0.6 is 0 Å². The van der Waals surface area contributed by atoms with Gasteiger partial charge in [-0.3, -0.25) is 0 Å². The number of hydrogen-bond acceptors (Lipinski definition) is 5. The van der Waals surface area contributed by atoms with Crippen molar-refractivity contribution in [3.05, 3.63) is 12.2 Å². The van der Waals surface area contributed by atoms with Crippen LogP contribution in [-0.2, 0) is 23.1 Å². The van der Waals surface area contributed by atoms with E-state index in [0.717, 1.165) is 6.54 Å². The fourth-order valence-corrected chi connectivity index (χ4v) is 2.13. The van der Waals surface area contributed by atoms with Crippen molar-refractivity contribution in [1.29, 1.82) is 0 Å². The first-order valence-corrected chi connectivity index (χ1v) is 6.73. The van der Waals surface area contributed by atoms with Crippen molar-refractivity contribution >= 4 is 10.0 Å². The van der Waals surface area contributed by atoms with Gasteiger partial charge >= 0.3 is 0 Å². The number of aryl methyl sites for hydroxylation is 1. The molecule has 0 atom stereocenters. The maximum absolute atomic E-state index is 11.5. The molecule has 0 aromatic carbocycles. The van der Waals surface area contributed by atoms with Gasteiger partial charge in [0.1, 0.15) is 12.2 Å². The predicted octanol–water partition coefficient (Wildman–Crippen LogP) is -1.06. The normalized spacial score (nSPS) is 11.9. The first-order chi connectivity index (χ1) is 7.59. The molecule has 0 unspecified atom stereocenters. The quantitative estimate of drug-likeness (QED) is 0.641. The summed E-state index contributed by atoms with van der Waals surface area (Å²) in [5, 5.41) is 10.3. The lowest BCUT2D eigenvalue weighted by atomic mass is 10.6. The molecule has 0 saturated carbocycles. The molecule has 0 amide bonds. The van der Waals surface area contributed by atoms with E-state index in [0.29, 0.717) is 12.4 Å². The summed E-state index contributed by atoms with van der Waals surface area (Å²) in [5.41, 5.74) is 0. The highest BCUT2D eigenvalue weighted by molar-refractivity contribution is 7.89. The van der Waals surface area contributed by atoms with Crippen LogP contribution in [0.2, 0.25) is 0 Å². The van der Waals surface area contributed by atoms with Crippen molar-refractivity contribution in [2.45, 2.75) is 20.0 Å². The molecule has 92 valence electrons. The van der Waals surface area contributed by atoms with Gasteiger partial charge in [-0.05, 0) is 14.0 Å². The molecule has 1 aromatic rings. The summed E-state index contributed by atoms with van der Waals surface area (Å²) >= 11 is 0. The largest absolute Gasteiger partial charge is 0.319 e. The number of hydrogen-bond donors (Lipinski definition) is 2. The van der Waals surface area contributed by atoms with E-state index >= 15 is 0 Å². The minimum atomic E-state index is -3.24. The zero-order valence-electron chi connectivity index (χ0n) is 9.47. The molecule has 0 aliphatic carbocycles. The molecule has 0 aliphatic heterocycles. The Hall–Kier alpha value is -0.990. The molecule has 0 spiro atoms. The van der Waals surface area contributed by atoms with Gasteiger partial charge < -0.3 is 9.88 Å². The molecule has 8 heteroatoms. The van der Waals surface area contributed by atoms with E-state index in [4.69, 9.17) is 0 Å². The Balaban J connectivity index is 2.51. The molecule has 0 fully saturated rings. The third-order valence-electron chi connectivity index (χ3n) is 2.11. The second kappa shape index (κ2) is 5.92. The van der Waals surface area contributed by atoms with Crippen LogP contribution < -0.4 is 10.0 Å². The van der Waals surface area contributed by atoms with Crippen molar-refractivity contribution in [1.82, 2.24) is 24.8 Å². The van der Waals surface area contributed by atoms with Crippen molar-refractivity contribution in [3.63, 3.8) is 0 Å². The summed E-state index contributed by atoms with van der Waals surface area (Å²) in [5.74, 6) is 0.680. The molecule has 16 heavy (non-hydrogen) atoms. The average molecular weight is 247 g/mol. The second-order valence-electron chi connectivity index (χ2n) is 3.28. The van der Waals surface area contributed by atoms with E-state index in [1.165, 1.54) is 0 Å². The van der Waals surface area contributed by atoms with Gasteiger partial charge in [0.2, 0.25) is 10.0 Å². The molecular weight excluding hydrogens is 230 g/mol. The zero-order chi connectivity index (χ0) is 12.0. The molecule has 1 rings (SSSR count). The molecule has 1 aromatic heterocycles. The van der Waals surface area contributed by atoms with E-state index in [2.05, 4.69) is 20.2 Å². The zero-order valence-corrected chi connectivity index (χ0v) is 10.3. The number of aromatic nitrogens is 3. The van der Waals surface area contributed by atoms with Crippen LogP contribution in [-0.4, -0.2) is 42.5 Å². The summed E-state index contributed by atoms with van der Waals surface area (Å²) in [6.07, 6.45) is 1.58. The Bertz CT molecular complexity index is 414. The van der Waals surface area contributed by atoms with Crippen molar-refractivity contribution < 1.29 is 8.42 Å². The fourth-order valence-electron chi connectivity index (χ4n) is 1.16. The minimum Gasteiger partial charge on any atom is -0.319 e. The van der Waals surface area contributed by atoms with E-state index in [-0.39, 0.29) is 12.3 Å². The maximum atomic E-state index is 11.5. The SMILES string of the molecule is CCn1cnnc1CNS(=O)(=O)CCNC. The monoisotopic (exact) mass is 247 g/mol. The van der Waals surface area contributed by atoms with Crippen molar-refractivity contribution in [2.24, 2.45) is 0 Å². The van der Waals surface area contributed by atoms with Crippen LogP contribution in [0.25, 0.3) is 0 Å². The van der Waals surface area contributed by atoms with Crippen molar-refractivity contribution in [2.75, 3.05) is 19.3 Å². The van der Waals surface area contributed by atoms with Crippen LogP contribution in [0.3, 0.4) is 0 Å². The molecule has 1 heterocycles. The van der Waals surface area contributed by atoms with Crippen LogP contribution in [0.1, 0.15) is 12.7 Å². The highest BCUT2D eigenvalue weighted by atomic mass is 32.2. The molecule has 0 radical (unpaired) electrons. The molecule has 0 bridgehead atoms. The number of nitrogens with one attached hydrogen (secondary N) is 2. The Kier molecular flexibility index (Phi) is 4.84. The lowest BCUT2D eigenvalue weighted by Crippen LogP contribution is -2.31. The number of nitrogens with zero attached hydrogens (tertiary/aromatic N) is 3. The van der Waals surface area contributed by atoms with E-state index < -0.39 is 10.0 Å². The third kappa shape index (κ3) is 3.87. The predicted molar refractivity (Wildman–Crippen MR) is 60.2 cm³/mol. The Morgan fingerprint density at radius 1 is 1.50 bits per heavy atom. The summed E-state index contributed by atoms with van der Waals surface area (Å²) in [6, 6.07) is 0. The highest BCUT2D eigenvalue weighted by Gasteiger charge is 2.11. The first kappa shape index (κ1) is 13.1. The van der Waals surface area contributed by atoms with Gasteiger partial charge in [0.15, 0.2) is 0 Å². The third-order valence-corrected chi connectivity index (χ3v) is 3.43. The van der Waals surface area contributed by atoms with Gasteiger partial charge in [-0.2, -0.15) is 0 Å². The lowest BCUT2D eigenvalue weighted by Gasteiger charge is -2.06. The number of sulfonamides is 1. The first-order valence-electron chi connectivity index (χ1n) is 5.07. The van der Waals surface area contributed by atoms with Gasteiger partial charge in [0.25, 0.3) is 0 Å². The van der Waals surface area contributed by atoms with E-state index in [9.17, 15) is 8.42 Å². The summed E-state index contributed by atoms with van der Waals surface area (Å²) in [6.45, 7) is 3.28. The smallest absolute Gasteiger partial charge is 0.213 e. The Labute approximate surface area is 95.3 Å². The van der Waals surface area contributed by atoms with Gasteiger partial charge in [0.05, 0.1) is 12.3 Å². The van der Waals surface area contributed by atoms with Crippen LogP contribution in [0.15, 0.2) is 6.33 Å². The number of rotatable bonds is 7. The maximum Gasteiger partial charge on any atom is 0.213 e. The summed E-state index contributed by atoms with van der Waals surface area (Å²) in [4.78, 5) is 0. The van der Waals surface area contributed by atoms with Crippen LogP contribution in [0.4, 0.5) is 0 Å². The minimum absolute atomic E-state index is 0.0593. The molecule has 7 nitrogen and oxygen atoms in total. The average Bonchev–Trinajstić information content (AvgIpc) is 2.71. The standard InChI is InChI=1S/C8H17N5O2S/c1-3-13-7-10-12-8(13)6-11-16(14,15)5-4-9-2/h7,9,11H,3-6H2,1-2H3. The Morgan fingerprint density at radius 2 is 2.25 bits per heavy atom. The second-order valence-corrected chi connectivity index (χ2v) is 5.20. The fraction of sp³-hybridized carbons (Fsp3) is 0.750. The van der Waals surface area contributed by atoms with Crippen molar-refractivity contribution in [3.8, 4) is 0 Å². The van der Waals surface area contributed by atoms with E-state index in [1.54, 1.807) is 17.9 Å². The highest BCUT2D eigenvalue weighted by Crippen LogP contribution is 1.95. The summed E-state index contributed by atoms with van der Waals surface area (Å²) in [7, 11) is -1.53. The topological polar surface area (TPSA) is 88.9 Å². The van der Waals surface area contributed by atoms with Crippen LogP contribution in [0.5, 0.6) is 0 Å². The van der Waals surface area contributed by atoms with Crippen LogP contribution in [0, 0.1) is 0 Å². The lowest BCUT2D eigenvalue weighted by molar-refractivity contribution is 0.573. The Morgan fingerprint density at radius 3 is 2.88 bits per heavy atom. The summed E-state index contributed by atoms with van der Waals surface area (Å²) < 4.78 is 27.2. The molecule has 0 saturated heterocycles. The van der Waals surface area contributed by atoms with Gasteiger partial charge in [-0.15, -0.1) is 10.2 Å². The molecular formula is C8H17N5O2S. The van der Waals surface area contributed by atoms with Gasteiger partial charge in [-0.25, -0.2) is 13.1 Å². The van der Waals surface area contributed by atoms with Gasteiger partial charge in [-0.1, -0.05) is 0 Å². The van der Waals surface area contributed by atoms with Gasteiger partial charge in [0, 0.05) is 13.1 Å². The molecule has 2 N–H and O–H groups in total. The van der Waals surface area contributed by atoms with E-state index in [1.807, 2.05) is 6.92 Å². The molecule has 0 aliphatic rings.